The van der Waals surface area contributed by atoms with E-state index in [4.69, 9.17) is 16.3 Å². The minimum Gasteiger partial charge on any atom is -0.381 e. The Bertz CT molecular complexity index is 436. The molecule has 19 heavy (non-hydrogen) atoms. The second-order valence-corrected chi connectivity index (χ2v) is 4.73. The Hall–Kier alpha value is -1.08. The van der Waals surface area contributed by atoms with Crippen molar-refractivity contribution in [3.63, 3.8) is 0 Å². The summed E-state index contributed by atoms with van der Waals surface area (Å²) in [7, 11) is 0. The molecule has 0 spiro atoms. The van der Waals surface area contributed by atoms with Gasteiger partial charge in [0.25, 0.3) is 0 Å². The van der Waals surface area contributed by atoms with Gasteiger partial charge in [-0.15, -0.1) is 0 Å². The zero-order chi connectivity index (χ0) is 13.9. The normalized spacial score (nSPS) is 19.7. The highest BCUT2D eigenvalue weighted by Crippen LogP contribution is 2.28. The minimum atomic E-state index is -4.60. The molecule has 106 valence electrons. The van der Waals surface area contributed by atoms with E-state index >= 15 is 0 Å². The highest BCUT2D eigenvalue weighted by molar-refractivity contribution is 6.29. The number of nitrogens with zero attached hydrogens (tertiary/aromatic N) is 2. The summed E-state index contributed by atoms with van der Waals surface area (Å²) in [6, 6.07) is 1.28. The van der Waals surface area contributed by atoms with Gasteiger partial charge in [0.15, 0.2) is 0 Å². The Kier molecular flexibility index (Phi) is 4.46. The molecule has 0 bridgehead atoms. The standard InChI is InChI=1S/C11H13ClF3N3O/c12-8-5-9(18-10(17-8)11(13,14)15)16-3-1-7-2-4-19-6-7/h5,7H,1-4,6H2,(H,16,17,18). The SMILES string of the molecule is FC(F)(F)c1nc(Cl)cc(NCCC2CCOC2)n1. The van der Waals surface area contributed by atoms with E-state index in [1.165, 1.54) is 6.07 Å². The molecule has 1 aromatic rings. The molecule has 0 amide bonds. The predicted molar refractivity (Wildman–Crippen MR) is 64.1 cm³/mol. The van der Waals surface area contributed by atoms with Crippen LogP contribution in [-0.2, 0) is 10.9 Å². The Morgan fingerprint density at radius 3 is 2.84 bits per heavy atom. The fraction of sp³-hybridized carbons (Fsp3) is 0.636. The van der Waals surface area contributed by atoms with Crippen LogP contribution in [0.2, 0.25) is 5.15 Å². The van der Waals surface area contributed by atoms with E-state index in [1.807, 2.05) is 0 Å². The van der Waals surface area contributed by atoms with E-state index in [9.17, 15) is 13.2 Å². The number of aromatic nitrogens is 2. The fourth-order valence-electron chi connectivity index (χ4n) is 1.85. The predicted octanol–water partition coefficient (Wildman–Crippen LogP) is 2.99. The maximum absolute atomic E-state index is 12.5. The third kappa shape index (κ3) is 4.21. The maximum Gasteiger partial charge on any atom is 0.451 e. The molecule has 0 aromatic carbocycles. The van der Waals surface area contributed by atoms with Crippen LogP contribution in [0.1, 0.15) is 18.7 Å². The second kappa shape index (κ2) is 5.92. The van der Waals surface area contributed by atoms with Crippen LogP contribution in [0.4, 0.5) is 19.0 Å². The van der Waals surface area contributed by atoms with E-state index < -0.39 is 12.0 Å². The molecule has 4 nitrogen and oxygen atoms in total. The molecule has 0 radical (unpaired) electrons. The van der Waals surface area contributed by atoms with Crippen molar-refractivity contribution in [2.24, 2.45) is 5.92 Å². The van der Waals surface area contributed by atoms with Gasteiger partial charge in [-0.3, -0.25) is 0 Å². The van der Waals surface area contributed by atoms with E-state index in [0.717, 1.165) is 19.4 Å². The smallest absolute Gasteiger partial charge is 0.381 e. The first-order valence-electron chi connectivity index (χ1n) is 5.88. The Labute approximate surface area is 113 Å². The van der Waals surface area contributed by atoms with Gasteiger partial charge in [0.2, 0.25) is 5.82 Å². The van der Waals surface area contributed by atoms with Crippen molar-refractivity contribution < 1.29 is 17.9 Å². The van der Waals surface area contributed by atoms with Crippen LogP contribution >= 0.6 is 11.6 Å². The molecule has 1 aliphatic rings. The van der Waals surface area contributed by atoms with Crippen LogP contribution in [-0.4, -0.2) is 29.7 Å². The van der Waals surface area contributed by atoms with Crippen molar-refractivity contribution in [3.8, 4) is 0 Å². The number of alkyl halides is 3. The van der Waals surface area contributed by atoms with E-state index in [-0.39, 0.29) is 11.0 Å². The van der Waals surface area contributed by atoms with Crippen molar-refractivity contribution in [2.45, 2.75) is 19.0 Å². The lowest BCUT2D eigenvalue weighted by Gasteiger charge is -2.11. The van der Waals surface area contributed by atoms with Crippen molar-refractivity contribution in [1.29, 1.82) is 0 Å². The molecule has 1 unspecified atom stereocenters. The number of ether oxygens (including phenoxy) is 1. The van der Waals surface area contributed by atoms with Crippen molar-refractivity contribution in [2.75, 3.05) is 25.1 Å². The number of rotatable bonds is 4. The van der Waals surface area contributed by atoms with Gasteiger partial charge in [0.1, 0.15) is 11.0 Å². The summed E-state index contributed by atoms with van der Waals surface area (Å²) in [5, 5.41) is 2.61. The number of anilines is 1. The topological polar surface area (TPSA) is 47.0 Å². The first-order valence-corrected chi connectivity index (χ1v) is 6.26. The Morgan fingerprint density at radius 2 is 2.21 bits per heavy atom. The van der Waals surface area contributed by atoms with Crippen LogP contribution in [0.5, 0.6) is 0 Å². The number of hydrogen-bond acceptors (Lipinski definition) is 4. The Morgan fingerprint density at radius 1 is 1.42 bits per heavy atom. The van der Waals surface area contributed by atoms with Crippen LogP contribution in [0.15, 0.2) is 6.07 Å². The van der Waals surface area contributed by atoms with Gasteiger partial charge in [0.05, 0.1) is 0 Å². The van der Waals surface area contributed by atoms with Gasteiger partial charge >= 0.3 is 6.18 Å². The molecular formula is C11H13ClF3N3O. The van der Waals surface area contributed by atoms with Crippen molar-refractivity contribution in [1.82, 2.24) is 9.97 Å². The first kappa shape index (κ1) is 14.3. The van der Waals surface area contributed by atoms with Gasteiger partial charge in [-0.2, -0.15) is 13.2 Å². The summed E-state index contributed by atoms with van der Waals surface area (Å²) >= 11 is 5.55. The van der Waals surface area contributed by atoms with Crippen LogP contribution in [0, 0.1) is 5.92 Å². The molecule has 1 atom stereocenters. The Balaban J connectivity index is 1.94. The van der Waals surface area contributed by atoms with Crippen LogP contribution in [0.3, 0.4) is 0 Å². The highest BCUT2D eigenvalue weighted by Gasteiger charge is 2.35. The monoisotopic (exact) mass is 295 g/mol. The zero-order valence-corrected chi connectivity index (χ0v) is 10.8. The van der Waals surface area contributed by atoms with Crippen molar-refractivity contribution in [3.05, 3.63) is 17.0 Å². The van der Waals surface area contributed by atoms with E-state index in [0.29, 0.717) is 19.1 Å². The third-order valence-electron chi connectivity index (χ3n) is 2.83. The molecule has 8 heteroatoms. The lowest BCUT2D eigenvalue weighted by Crippen LogP contribution is -2.15. The summed E-state index contributed by atoms with van der Waals surface area (Å²) in [4.78, 5) is 6.57. The molecule has 0 aliphatic carbocycles. The molecule has 0 saturated carbocycles. The average Bonchev–Trinajstić information content (AvgIpc) is 2.80. The van der Waals surface area contributed by atoms with Gasteiger partial charge in [-0.1, -0.05) is 11.6 Å². The summed E-state index contributed by atoms with van der Waals surface area (Å²) in [5.41, 5.74) is 0. The quantitative estimate of drug-likeness (QED) is 0.868. The fourth-order valence-corrected chi connectivity index (χ4v) is 2.03. The highest BCUT2D eigenvalue weighted by atomic mass is 35.5. The van der Waals surface area contributed by atoms with Gasteiger partial charge < -0.3 is 10.1 Å². The summed E-state index contributed by atoms with van der Waals surface area (Å²) < 4.78 is 42.7. The summed E-state index contributed by atoms with van der Waals surface area (Å²) in [6.45, 7) is 1.99. The van der Waals surface area contributed by atoms with Gasteiger partial charge in [-0.25, -0.2) is 9.97 Å². The first-order chi connectivity index (χ1) is 8.95. The van der Waals surface area contributed by atoms with Gasteiger partial charge in [0, 0.05) is 25.8 Å². The zero-order valence-electron chi connectivity index (χ0n) is 10.0. The van der Waals surface area contributed by atoms with E-state index in [2.05, 4.69) is 15.3 Å². The average molecular weight is 296 g/mol. The third-order valence-corrected chi connectivity index (χ3v) is 3.02. The van der Waals surface area contributed by atoms with Crippen LogP contribution < -0.4 is 5.32 Å². The van der Waals surface area contributed by atoms with Gasteiger partial charge in [-0.05, 0) is 18.8 Å². The summed E-state index contributed by atoms with van der Waals surface area (Å²) in [6.07, 6.45) is -2.79. The van der Waals surface area contributed by atoms with E-state index in [1.54, 1.807) is 0 Å². The molecule has 1 aromatic heterocycles. The molecule has 1 saturated heterocycles. The second-order valence-electron chi connectivity index (χ2n) is 4.34. The lowest BCUT2D eigenvalue weighted by molar-refractivity contribution is -0.144. The van der Waals surface area contributed by atoms with Crippen LogP contribution in [0.25, 0.3) is 0 Å². The lowest BCUT2D eigenvalue weighted by atomic mass is 10.1. The molecule has 1 aliphatic heterocycles. The summed E-state index contributed by atoms with van der Waals surface area (Å²) in [5.74, 6) is -0.690. The number of nitrogens with one attached hydrogen (secondary N) is 1. The largest absolute Gasteiger partial charge is 0.451 e. The van der Waals surface area contributed by atoms with Crippen molar-refractivity contribution >= 4 is 17.4 Å². The number of hydrogen-bond donors (Lipinski definition) is 1. The molecule has 2 rings (SSSR count). The maximum atomic E-state index is 12.5. The molecular weight excluding hydrogens is 283 g/mol. The number of halogens is 4. The molecule has 1 N–H and O–H groups in total. The molecule has 1 fully saturated rings. The molecule has 2 heterocycles. The minimum absolute atomic E-state index is 0.0891.